The molecule has 2 rings (SSSR count). The maximum Gasteiger partial charge on any atom is 0.0897 e. The first-order valence-corrected chi connectivity index (χ1v) is 7.30. The maximum absolute atomic E-state index is 9.49. The maximum atomic E-state index is 9.49. The Labute approximate surface area is 107 Å². The molecule has 4 heteroatoms. The van der Waals surface area contributed by atoms with Crippen molar-refractivity contribution in [1.82, 2.24) is 9.88 Å². The first-order valence-electron chi connectivity index (χ1n) is 6.42. The molecule has 1 aliphatic heterocycles. The van der Waals surface area contributed by atoms with Gasteiger partial charge in [-0.1, -0.05) is 6.92 Å². The van der Waals surface area contributed by atoms with Crippen LogP contribution in [0.1, 0.15) is 36.9 Å². The second-order valence-electron chi connectivity index (χ2n) is 5.15. The summed E-state index contributed by atoms with van der Waals surface area (Å²) in [6, 6.07) is 0. The van der Waals surface area contributed by atoms with Crippen molar-refractivity contribution in [2.24, 2.45) is 5.41 Å². The number of piperidine rings is 1. The highest BCUT2D eigenvalue weighted by Gasteiger charge is 2.32. The molecule has 1 N–H and O–H groups in total. The second-order valence-corrected chi connectivity index (χ2v) is 6.21. The minimum atomic E-state index is 0.189. The molecule has 3 nitrogen and oxygen atoms in total. The monoisotopic (exact) mass is 254 g/mol. The van der Waals surface area contributed by atoms with Crippen LogP contribution < -0.4 is 0 Å². The van der Waals surface area contributed by atoms with E-state index in [1.807, 2.05) is 0 Å². The molecule has 17 heavy (non-hydrogen) atoms. The van der Waals surface area contributed by atoms with E-state index in [1.165, 1.54) is 5.69 Å². The number of aliphatic hydroxyl groups is 1. The normalized spacial score (nSPS) is 20.6. The van der Waals surface area contributed by atoms with Gasteiger partial charge < -0.3 is 5.11 Å². The fourth-order valence-electron chi connectivity index (χ4n) is 2.52. The number of nitrogens with zero attached hydrogens (tertiary/aromatic N) is 2. The summed E-state index contributed by atoms with van der Waals surface area (Å²) in [6.07, 6.45) is 3.32. The van der Waals surface area contributed by atoms with Crippen molar-refractivity contribution < 1.29 is 5.11 Å². The first-order chi connectivity index (χ1) is 8.17. The molecule has 1 fully saturated rings. The minimum absolute atomic E-state index is 0.189. The summed E-state index contributed by atoms with van der Waals surface area (Å²) in [4.78, 5) is 6.97. The second kappa shape index (κ2) is 5.46. The Bertz CT molecular complexity index is 350. The molecule has 0 aromatic carbocycles. The zero-order valence-electron chi connectivity index (χ0n) is 10.8. The van der Waals surface area contributed by atoms with E-state index in [-0.39, 0.29) is 5.41 Å². The van der Waals surface area contributed by atoms with Gasteiger partial charge in [-0.2, -0.15) is 0 Å². The summed E-state index contributed by atoms with van der Waals surface area (Å²) in [5.41, 5.74) is 1.38. The number of thiazole rings is 1. The molecule has 0 radical (unpaired) electrons. The lowest BCUT2D eigenvalue weighted by Gasteiger charge is -2.40. The van der Waals surface area contributed by atoms with Gasteiger partial charge in [0.15, 0.2) is 0 Å². The van der Waals surface area contributed by atoms with Crippen molar-refractivity contribution in [1.29, 1.82) is 0 Å². The Morgan fingerprint density at radius 1 is 1.47 bits per heavy atom. The average molecular weight is 254 g/mol. The van der Waals surface area contributed by atoms with Crippen LogP contribution >= 0.6 is 11.3 Å². The van der Waals surface area contributed by atoms with Gasteiger partial charge in [-0.25, -0.2) is 4.98 Å². The fraction of sp³-hybridized carbons (Fsp3) is 0.769. The van der Waals surface area contributed by atoms with E-state index in [1.54, 1.807) is 11.3 Å². The van der Waals surface area contributed by atoms with E-state index in [0.717, 1.165) is 43.9 Å². The van der Waals surface area contributed by atoms with E-state index in [0.29, 0.717) is 6.61 Å². The van der Waals surface area contributed by atoms with Crippen molar-refractivity contribution >= 4 is 11.3 Å². The molecule has 1 aromatic heterocycles. The largest absolute Gasteiger partial charge is 0.396 e. The highest BCUT2D eigenvalue weighted by atomic mass is 32.1. The Hall–Kier alpha value is -0.450. The molecule has 0 unspecified atom stereocenters. The van der Waals surface area contributed by atoms with E-state index >= 15 is 0 Å². The first kappa shape index (κ1) is 13.0. The lowest BCUT2D eigenvalue weighted by molar-refractivity contribution is 0.0379. The van der Waals surface area contributed by atoms with Crippen molar-refractivity contribution in [3.8, 4) is 0 Å². The average Bonchev–Trinajstić information content (AvgIpc) is 2.76. The van der Waals surface area contributed by atoms with E-state index in [4.69, 9.17) is 0 Å². The van der Waals surface area contributed by atoms with Crippen LogP contribution in [0.15, 0.2) is 5.38 Å². The number of aromatic nitrogens is 1. The zero-order chi connectivity index (χ0) is 12.3. The molecule has 1 aliphatic rings. The van der Waals surface area contributed by atoms with Gasteiger partial charge in [0.05, 0.1) is 10.7 Å². The third kappa shape index (κ3) is 3.06. The minimum Gasteiger partial charge on any atom is -0.396 e. The van der Waals surface area contributed by atoms with Crippen LogP contribution in [0.4, 0.5) is 0 Å². The van der Waals surface area contributed by atoms with Crippen LogP contribution in [-0.4, -0.2) is 34.7 Å². The van der Waals surface area contributed by atoms with Crippen molar-refractivity contribution in [3.05, 3.63) is 16.1 Å². The molecule has 96 valence electrons. The summed E-state index contributed by atoms with van der Waals surface area (Å²) >= 11 is 1.72. The van der Waals surface area contributed by atoms with Crippen molar-refractivity contribution in [2.45, 2.75) is 39.7 Å². The van der Waals surface area contributed by atoms with Crippen molar-refractivity contribution in [3.63, 3.8) is 0 Å². The van der Waals surface area contributed by atoms with E-state index in [2.05, 4.69) is 29.1 Å². The zero-order valence-corrected chi connectivity index (χ0v) is 11.6. The predicted molar refractivity (Wildman–Crippen MR) is 71.2 cm³/mol. The Balaban J connectivity index is 1.87. The number of likely N-dealkylation sites (tertiary alicyclic amines) is 1. The Morgan fingerprint density at radius 2 is 2.18 bits per heavy atom. The third-order valence-electron chi connectivity index (χ3n) is 4.05. The molecular weight excluding hydrogens is 232 g/mol. The van der Waals surface area contributed by atoms with E-state index < -0.39 is 0 Å². The Kier molecular flexibility index (Phi) is 4.17. The van der Waals surface area contributed by atoms with Gasteiger partial charge in [-0.15, -0.1) is 11.3 Å². The van der Waals surface area contributed by atoms with Gasteiger partial charge in [0.25, 0.3) is 0 Å². The highest BCUT2D eigenvalue weighted by molar-refractivity contribution is 7.09. The smallest absolute Gasteiger partial charge is 0.0897 e. The summed E-state index contributed by atoms with van der Waals surface area (Å²) in [5, 5.41) is 12.8. The summed E-state index contributed by atoms with van der Waals surface area (Å²) in [6.45, 7) is 7.73. The summed E-state index contributed by atoms with van der Waals surface area (Å²) in [7, 11) is 0. The number of hydrogen-bond acceptors (Lipinski definition) is 4. The van der Waals surface area contributed by atoms with Gasteiger partial charge in [-0.05, 0) is 44.7 Å². The predicted octanol–water partition coefficient (Wildman–Crippen LogP) is 2.44. The lowest BCUT2D eigenvalue weighted by atomic mass is 9.77. The molecule has 0 aliphatic carbocycles. The molecule has 2 heterocycles. The highest BCUT2D eigenvalue weighted by Crippen LogP contribution is 2.34. The van der Waals surface area contributed by atoms with Gasteiger partial charge in [0, 0.05) is 18.5 Å². The van der Waals surface area contributed by atoms with Crippen LogP contribution in [0.3, 0.4) is 0 Å². The molecule has 1 aromatic rings. The van der Waals surface area contributed by atoms with Gasteiger partial charge in [-0.3, -0.25) is 4.90 Å². The number of rotatable bonds is 4. The molecule has 0 spiro atoms. The van der Waals surface area contributed by atoms with Crippen LogP contribution in [0.25, 0.3) is 0 Å². The Morgan fingerprint density at radius 3 is 2.65 bits per heavy atom. The topological polar surface area (TPSA) is 36.4 Å². The molecule has 0 amide bonds. The molecule has 1 saturated heterocycles. The molecule has 0 saturated carbocycles. The standard InChI is InChI=1S/C13H22N2OS/c1-3-13(10-16)4-6-15(7-5-13)8-12-9-17-11(2)14-12/h9,16H,3-8,10H2,1-2H3. The number of hydrogen-bond donors (Lipinski definition) is 1. The number of aryl methyl sites for hydroxylation is 1. The molecule has 0 bridgehead atoms. The summed E-state index contributed by atoms with van der Waals surface area (Å²) < 4.78 is 0. The van der Waals surface area contributed by atoms with Gasteiger partial charge in [0.2, 0.25) is 0 Å². The van der Waals surface area contributed by atoms with Crippen LogP contribution in [0.2, 0.25) is 0 Å². The van der Waals surface area contributed by atoms with Crippen LogP contribution in [0.5, 0.6) is 0 Å². The SMILES string of the molecule is CCC1(CO)CCN(Cc2csc(C)n2)CC1. The van der Waals surface area contributed by atoms with Crippen molar-refractivity contribution in [2.75, 3.05) is 19.7 Å². The number of aliphatic hydroxyl groups excluding tert-OH is 1. The van der Waals surface area contributed by atoms with Crippen LogP contribution in [0, 0.1) is 12.3 Å². The van der Waals surface area contributed by atoms with E-state index in [9.17, 15) is 5.11 Å². The third-order valence-corrected chi connectivity index (χ3v) is 4.88. The van der Waals surface area contributed by atoms with Gasteiger partial charge >= 0.3 is 0 Å². The molecule has 0 atom stereocenters. The summed E-state index contributed by atoms with van der Waals surface area (Å²) in [5.74, 6) is 0. The fourth-order valence-corrected chi connectivity index (χ4v) is 3.12. The van der Waals surface area contributed by atoms with Crippen LogP contribution in [-0.2, 0) is 6.54 Å². The van der Waals surface area contributed by atoms with Gasteiger partial charge in [0.1, 0.15) is 0 Å². The molecular formula is C13H22N2OS. The quantitative estimate of drug-likeness (QED) is 0.896. The lowest BCUT2D eigenvalue weighted by Crippen LogP contribution is -2.41.